The van der Waals surface area contributed by atoms with Crippen LogP contribution in [0.15, 0.2) is 18.5 Å². The first kappa shape index (κ1) is 11.5. The number of aromatic nitrogens is 2. The van der Waals surface area contributed by atoms with Crippen LogP contribution in [-0.4, -0.2) is 44.4 Å². The number of rotatable bonds is 5. The number of hydrogen-bond acceptors (Lipinski definition) is 4. The first-order valence-corrected chi connectivity index (χ1v) is 6.42. The topological polar surface area (TPSA) is 67.2 Å². The third kappa shape index (κ3) is 2.38. The van der Waals surface area contributed by atoms with E-state index in [0.29, 0.717) is 25.3 Å². The molecule has 0 spiro atoms. The van der Waals surface area contributed by atoms with E-state index in [0.717, 1.165) is 5.75 Å². The number of hydrogen-bond donors (Lipinski definition) is 2. The van der Waals surface area contributed by atoms with Gasteiger partial charge in [0.1, 0.15) is 5.54 Å². The van der Waals surface area contributed by atoms with Crippen molar-refractivity contribution in [2.45, 2.75) is 18.5 Å². The van der Waals surface area contributed by atoms with Crippen LogP contribution in [0.25, 0.3) is 0 Å². The number of nitrogens with zero attached hydrogens (tertiary/aromatic N) is 2. The minimum absolute atomic E-state index is 0.633. The molecule has 0 aromatic carbocycles. The Bertz CT molecular complexity index is 347. The number of carboxylic acids is 1. The minimum atomic E-state index is -0.738. The zero-order valence-electron chi connectivity index (χ0n) is 8.93. The van der Waals surface area contributed by atoms with E-state index >= 15 is 0 Å². The van der Waals surface area contributed by atoms with Gasteiger partial charge in [0.15, 0.2) is 0 Å². The van der Waals surface area contributed by atoms with Crippen molar-refractivity contribution in [3.63, 3.8) is 0 Å². The lowest BCUT2D eigenvalue weighted by Gasteiger charge is -2.24. The molecule has 2 N–H and O–H groups in total. The highest BCUT2D eigenvalue weighted by atomic mass is 32.2. The van der Waals surface area contributed by atoms with Gasteiger partial charge in [0.05, 0.1) is 6.54 Å². The Morgan fingerprint density at radius 1 is 1.69 bits per heavy atom. The monoisotopic (exact) mass is 241 g/mol. The summed E-state index contributed by atoms with van der Waals surface area (Å²) in [6.45, 7) is 1.33. The van der Waals surface area contributed by atoms with Crippen LogP contribution >= 0.6 is 11.8 Å². The van der Waals surface area contributed by atoms with Gasteiger partial charge in [-0.05, 0) is 18.2 Å². The van der Waals surface area contributed by atoms with E-state index in [-0.39, 0.29) is 0 Å². The van der Waals surface area contributed by atoms with Crippen molar-refractivity contribution < 1.29 is 9.90 Å². The molecule has 1 aliphatic rings. The average molecular weight is 241 g/mol. The molecule has 0 aliphatic carbocycles. The molecule has 1 aromatic heterocycles. The zero-order chi connectivity index (χ0) is 11.4. The van der Waals surface area contributed by atoms with Crippen molar-refractivity contribution in [3.05, 3.63) is 18.5 Å². The van der Waals surface area contributed by atoms with Gasteiger partial charge in [-0.1, -0.05) is 0 Å². The summed E-state index contributed by atoms with van der Waals surface area (Å²) in [5.41, 5.74) is -0.724. The molecule has 0 amide bonds. The fraction of sp³-hybridized carbons (Fsp3) is 0.600. The van der Waals surface area contributed by atoms with Gasteiger partial charge in [0.25, 0.3) is 0 Å². The van der Waals surface area contributed by atoms with Crippen molar-refractivity contribution in [2.75, 3.05) is 18.1 Å². The molecule has 5 nitrogen and oxygen atoms in total. The Labute approximate surface area is 98.2 Å². The molecule has 0 bridgehead atoms. The van der Waals surface area contributed by atoms with E-state index in [1.54, 1.807) is 22.6 Å². The summed E-state index contributed by atoms with van der Waals surface area (Å²) in [5, 5.41) is 16.4. The molecule has 1 aliphatic heterocycles. The summed E-state index contributed by atoms with van der Waals surface area (Å²) in [6, 6.07) is 1.86. The molecule has 1 aromatic rings. The molecule has 1 atom stereocenters. The second kappa shape index (κ2) is 4.88. The highest BCUT2D eigenvalue weighted by Crippen LogP contribution is 2.28. The zero-order valence-corrected chi connectivity index (χ0v) is 9.74. The lowest BCUT2D eigenvalue weighted by atomic mass is 9.99. The third-order valence-electron chi connectivity index (χ3n) is 2.79. The fourth-order valence-corrected chi connectivity index (χ4v) is 3.15. The van der Waals surface area contributed by atoms with E-state index < -0.39 is 11.5 Å². The van der Waals surface area contributed by atoms with E-state index in [4.69, 9.17) is 0 Å². The molecule has 88 valence electrons. The normalized spacial score (nSPS) is 24.8. The Kier molecular flexibility index (Phi) is 3.50. The maximum Gasteiger partial charge on any atom is 0.324 e. The van der Waals surface area contributed by atoms with Gasteiger partial charge < -0.3 is 5.11 Å². The van der Waals surface area contributed by atoms with Crippen molar-refractivity contribution in [1.82, 2.24) is 15.1 Å². The van der Waals surface area contributed by atoms with Gasteiger partial charge in [-0.3, -0.25) is 14.8 Å². The molecule has 6 heteroatoms. The van der Waals surface area contributed by atoms with Crippen LogP contribution in [0, 0.1) is 0 Å². The van der Waals surface area contributed by atoms with E-state index in [2.05, 4.69) is 10.4 Å². The highest BCUT2D eigenvalue weighted by Gasteiger charge is 2.41. The molecule has 1 fully saturated rings. The van der Waals surface area contributed by atoms with Gasteiger partial charge >= 0.3 is 5.97 Å². The Morgan fingerprint density at radius 3 is 3.12 bits per heavy atom. The van der Waals surface area contributed by atoms with Crippen LogP contribution in [0.1, 0.15) is 6.42 Å². The predicted molar refractivity (Wildman–Crippen MR) is 62.5 cm³/mol. The van der Waals surface area contributed by atoms with Crippen molar-refractivity contribution in [3.8, 4) is 0 Å². The summed E-state index contributed by atoms with van der Waals surface area (Å²) in [5.74, 6) is 0.834. The standard InChI is InChI=1S/C10H15N3O2S/c14-9(15)10(2-7-16-8-10)11-4-6-13-5-1-3-12-13/h1,3,5,11H,2,4,6-8H2,(H,14,15). The molecular formula is C10H15N3O2S. The first-order valence-electron chi connectivity index (χ1n) is 5.27. The van der Waals surface area contributed by atoms with Crippen LogP contribution in [0.5, 0.6) is 0 Å². The molecule has 2 rings (SSSR count). The largest absolute Gasteiger partial charge is 0.480 e. The highest BCUT2D eigenvalue weighted by molar-refractivity contribution is 7.99. The Morgan fingerprint density at radius 2 is 2.56 bits per heavy atom. The van der Waals surface area contributed by atoms with Crippen molar-refractivity contribution >= 4 is 17.7 Å². The summed E-state index contributed by atoms with van der Waals surface area (Å²) < 4.78 is 1.80. The number of thioether (sulfide) groups is 1. The summed E-state index contributed by atoms with van der Waals surface area (Å²) in [7, 11) is 0. The van der Waals surface area contributed by atoms with E-state index in [1.165, 1.54) is 0 Å². The molecule has 1 saturated heterocycles. The molecular weight excluding hydrogens is 226 g/mol. The minimum Gasteiger partial charge on any atom is -0.480 e. The van der Waals surface area contributed by atoms with Crippen LogP contribution in [0.3, 0.4) is 0 Å². The summed E-state index contributed by atoms with van der Waals surface area (Å²) in [6.07, 6.45) is 4.29. The van der Waals surface area contributed by atoms with Crippen molar-refractivity contribution in [1.29, 1.82) is 0 Å². The lowest BCUT2D eigenvalue weighted by molar-refractivity contribution is -0.143. The molecule has 0 saturated carbocycles. The maximum absolute atomic E-state index is 11.2. The second-order valence-corrected chi connectivity index (χ2v) is 4.99. The average Bonchev–Trinajstić information content (AvgIpc) is 2.88. The predicted octanol–water partition coefficient (Wildman–Crippen LogP) is 0.433. The first-order chi connectivity index (χ1) is 7.73. The third-order valence-corrected chi connectivity index (χ3v) is 3.98. The number of aliphatic carboxylic acids is 1. The van der Waals surface area contributed by atoms with Crippen LogP contribution in [-0.2, 0) is 11.3 Å². The van der Waals surface area contributed by atoms with Gasteiger partial charge in [-0.2, -0.15) is 16.9 Å². The second-order valence-electron chi connectivity index (χ2n) is 3.89. The molecule has 16 heavy (non-hydrogen) atoms. The molecule has 1 unspecified atom stereocenters. The van der Waals surface area contributed by atoms with E-state index in [1.807, 2.05) is 12.3 Å². The lowest BCUT2D eigenvalue weighted by Crippen LogP contribution is -2.53. The maximum atomic E-state index is 11.2. The van der Waals surface area contributed by atoms with Crippen LogP contribution in [0.2, 0.25) is 0 Å². The van der Waals surface area contributed by atoms with Crippen LogP contribution < -0.4 is 5.32 Å². The quantitative estimate of drug-likeness (QED) is 0.782. The summed E-state index contributed by atoms with van der Waals surface area (Å²) in [4.78, 5) is 11.2. The number of nitrogens with one attached hydrogen (secondary N) is 1. The van der Waals surface area contributed by atoms with Crippen LogP contribution in [0.4, 0.5) is 0 Å². The number of carbonyl (C=O) groups is 1. The molecule has 0 radical (unpaired) electrons. The molecule has 2 heterocycles. The SMILES string of the molecule is O=C(O)C1(NCCn2cccn2)CCSC1. The fourth-order valence-electron chi connectivity index (χ4n) is 1.79. The van der Waals surface area contributed by atoms with Gasteiger partial charge in [-0.25, -0.2) is 0 Å². The summed E-state index contributed by atoms with van der Waals surface area (Å²) >= 11 is 1.69. The Balaban J connectivity index is 1.85. The van der Waals surface area contributed by atoms with E-state index in [9.17, 15) is 9.90 Å². The van der Waals surface area contributed by atoms with Gasteiger partial charge in [0, 0.05) is 24.7 Å². The van der Waals surface area contributed by atoms with Crippen molar-refractivity contribution in [2.24, 2.45) is 0 Å². The van der Waals surface area contributed by atoms with Gasteiger partial charge in [0.2, 0.25) is 0 Å². The smallest absolute Gasteiger partial charge is 0.324 e. The van der Waals surface area contributed by atoms with Gasteiger partial charge in [-0.15, -0.1) is 0 Å². The number of carboxylic acid groups (broad SMARTS) is 1. The Hall–Kier alpha value is -1.01.